The number of anilines is 1. The van der Waals surface area contributed by atoms with Crippen molar-refractivity contribution in [2.45, 2.75) is 32.4 Å². The molecule has 136 valence electrons. The van der Waals surface area contributed by atoms with Crippen molar-refractivity contribution in [3.63, 3.8) is 0 Å². The van der Waals surface area contributed by atoms with Crippen LogP contribution in [0.1, 0.15) is 25.5 Å². The molecule has 5 heteroatoms. The van der Waals surface area contributed by atoms with E-state index in [1.165, 1.54) is 10.7 Å². The van der Waals surface area contributed by atoms with Crippen LogP contribution in [-0.2, 0) is 11.2 Å². The number of carbonyl (C=O) groups is 1. The van der Waals surface area contributed by atoms with E-state index in [1.807, 2.05) is 61.5 Å². The van der Waals surface area contributed by atoms with Crippen LogP contribution in [0, 0.1) is 0 Å². The first kappa shape index (κ1) is 17.2. The summed E-state index contributed by atoms with van der Waals surface area (Å²) in [5.41, 5.74) is 3.38. The molecule has 27 heavy (non-hydrogen) atoms. The smallest absolute Gasteiger partial charge is 0.267 e. The first-order valence-corrected chi connectivity index (χ1v) is 9.12. The normalized spacial score (nSPS) is 16.8. The lowest BCUT2D eigenvalue weighted by molar-refractivity contribution is -0.121. The van der Waals surface area contributed by atoms with Gasteiger partial charge in [0, 0.05) is 23.4 Å². The summed E-state index contributed by atoms with van der Waals surface area (Å²) in [5, 5.41) is 4.47. The zero-order valence-electron chi connectivity index (χ0n) is 15.4. The monoisotopic (exact) mass is 359 g/mol. The molecule has 2 atom stereocenters. The average Bonchev–Trinajstić information content (AvgIpc) is 3.03. The van der Waals surface area contributed by atoms with E-state index < -0.39 is 6.04 Å². The molecule has 2 unspecified atom stereocenters. The predicted octanol–water partition coefficient (Wildman–Crippen LogP) is 3.45. The van der Waals surface area contributed by atoms with Gasteiger partial charge in [0.05, 0.1) is 5.69 Å². The van der Waals surface area contributed by atoms with Gasteiger partial charge in [0.1, 0.15) is 6.04 Å². The lowest BCUT2D eigenvalue weighted by Gasteiger charge is -2.26. The van der Waals surface area contributed by atoms with Crippen molar-refractivity contribution in [3.05, 3.63) is 82.6 Å². The standard InChI is InChI=1S/C22H21N3O2/c1-15-14-18-10-6-7-11-20(18)24(15)22(27)16(2)25-21(26)13-12-19(23-25)17-8-4-3-5-9-17/h3-13,15-16H,14H2,1-2H3. The molecule has 0 saturated heterocycles. The number of aromatic nitrogens is 2. The van der Waals surface area contributed by atoms with Crippen LogP contribution in [0.4, 0.5) is 5.69 Å². The van der Waals surface area contributed by atoms with Crippen LogP contribution in [0.25, 0.3) is 11.3 Å². The summed E-state index contributed by atoms with van der Waals surface area (Å²) in [6, 6.07) is 20.1. The lowest BCUT2D eigenvalue weighted by atomic mass is 10.1. The van der Waals surface area contributed by atoms with Gasteiger partial charge in [-0.15, -0.1) is 0 Å². The van der Waals surface area contributed by atoms with Gasteiger partial charge < -0.3 is 4.90 Å². The molecule has 2 aromatic carbocycles. The molecule has 0 saturated carbocycles. The fraction of sp³-hybridized carbons (Fsp3) is 0.227. The molecular formula is C22H21N3O2. The molecule has 4 rings (SSSR count). The number of carbonyl (C=O) groups excluding carboxylic acids is 1. The fourth-order valence-corrected chi connectivity index (χ4v) is 3.67. The molecule has 0 aliphatic carbocycles. The van der Waals surface area contributed by atoms with Crippen molar-refractivity contribution in [3.8, 4) is 11.3 Å². The van der Waals surface area contributed by atoms with Gasteiger partial charge >= 0.3 is 0 Å². The molecule has 0 fully saturated rings. The third kappa shape index (κ3) is 3.05. The Morgan fingerprint density at radius 2 is 1.74 bits per heavy atom. The molecule has 1 aromatic heterocycles. The van der Waals surface area contributed by atoms with E-state index in [-0.39, 0.29) is 17.5 Å². The Hall–Kier alpha value is -3.21. The molecule has 1 aliphatic rings. The summed E-state index contributed by atoms with van der Waals surface area (Å²) in [7, 11) is 0. The minimum atomic E-state index is -0.685. The number of para-hydroxylation sites is 1. The first-order valence-electron chi connectivity index (χ1n) is 9.12. The van der Waals surface area contributed by atoms with Gasteiger partial charge in [-0.2, -0.15) is 5.10 Å². The van der Waals surface area contributed by atoms with E-state index in [2.05, 4.69) is 5.10 Å². The number of amides is 1. The van der Waals surface area contributed by atoms with E-state index in [4.69, 9.17) is 0 Å². The maximum Gasteiger partial charge on any atom is 0.267 e. The number of hydrogen-bond acceptors (Lipinski definition) is 3. The Kier molecular flexibility index (Phi) is 4.36. The van der Waals surface area contributed by atoms with Crippen molar-refractivity contribution in [2.75, 3.05) is 4.90 Å². The van der Waals surface area contributed by atoms with Crippen molar-refractivity contribution < 1.29 is 4.79 Å². The van der Waals surface area contributed by atoms with E-state index in [0.717, 1.165) is 23.2 Å². The van der Waals surface area contributed by atoms with Crippen molar-refractivity contribution in [2.24, 2.45) is 0 Å². The van der Waals surface area contributed by atoms with Crippen LogP contribution in [0.3, 0.4) is 0 Å². The first-order chi connectivity index (χ1) is 13.1. The molecular weight excluding hydrogens is 338 g/mol. The third-order valence-electron chi connectivity index (χ3n) is 5.06. The maximum atomic E-state index is 13.2. The minimum absolute atomic E-state index is 0.0605. The Bertz CT molecular complexity index is 1040. The van der Waals surface area contributed by atoms with Crippen molar-refractivity contribution in [1.29, 1.82) is 0 Å². The molecule has 0 radical (unpaired) electrons. The molecule has 3 aromatic rings. The third-order valence-corrected chi connectivity index (χ3v) is 5.06. The average molecular weight is 359 g/mol. The summed E-state index contributed by atoms with van der Waals surface area (Å²) >= 11 is 0. The van der Waals surface area contributed by atoms with Crippen LogP contribution in [0.5, 0.6) is 0 Å². The quantitative estimate of drug-likeness (QED) is 0.720. The summed E-state index contributed by atoms with van der Waals surface area (Å²) < 4.78 is 1.29. The molecule has 1 amide bonds. The number of hydrogen-bond donors (Lipinski definition) is 0. The SMILES string of the molecule is CC1Cc2ccccc2N1C(=O)C(C)n1nc(-c2ccccc2)ccc1=O. The van der Waals surface area contributed by atoms with E-state index in [0.29, 0.717) is 5.69 Å². The largest absolute Gasteiger partial charge is 0.307 e. The number of benzene rings is 2. The highest BCUT2D eigenvalue weighted by Crippen LogP contribution is 2.33. The van der Waals surface area contributed by atoms with Gasteiger partial charge in [0.15, 0.2) is 0 Å². The van der Waals surface area contributed by atoms with Gasteiger partial charge in [-0.25, -0.2) is 4.68 Å². The summed E-state index contributed by atoms with van der Waals surface area (Å²) in [4.78, 5) is 27.5. The van der Waals surface area contributed by atoms with Gasteiger partial charge in [-0.3, -0.25) is 9.59 Å². The van der Waals surface area contributed by atoms with Gasteiger partial charge in [0.2, 0.25) is 0 Å². The van der Waals surface area contributed by atoms with Gasteiger partial charge in [0.25, 0.3) is 11.5 Å². The summed E-state index contributed by atoms with van der Waals surface area (Å²) in [6.07, 6.45) is 0.820. The predicted molar refractivity (Wildman–Crippen MR) is 106 cm³/mol. The maximum absolute atomic E-state index is 13.2. The lowest BCUT2D eigenvalue weighted by Crippen LogP contribution is -2.42. The highest BCUT2D eigenvalue weighted by Gasteiger charge is 2.34. The number of rotatable bonds is 3. The topological polar surface area (TPSA) is 55.2 Å². The molecule has 0 spiro atoms. The number of nitrogens with zero attached hydrogens (tertiary/aromatic N) is 3. The Labute approximate surface area is 157 Å². The summed E-state index contributed by atoms with van der Waals surface area (Å²) in [6.45, 7) is 3.76. The highest BCUT2D eigenvalue weighted by atomic mass is 16.2. The van der Waals surface area contributed by atoms with Crippen molar-refractivity contribution >= 4 is 11.6 Å². The molecule has 0 bridgehead atoms. The second-order valence-corrected chi connectivity index (χ2v) is 6.93. The zero-order chi connectivity index (χ0) is 19.0. The van der Waals surface area contributed by atoms with E-state index in [9.17, 15) is 9.59 Å². The van der Waals surface area contributed by atoms with Gasteiger partial charge in [-0.1, -0.05) is 48.5 Å². The minimum Gasteiger partial charge on any atom is -0.307 e. The van der Waals surface area contributed by atoms with E-state index in [1.54, 1.807) is 17.9 Å². The van der Waals surface area contributed by atoms with Crippen LogP contribution in [0.2, 0.25) is 0 Å². The molecule has 1 aliphatic heterocycles. The molecule has 5 nitrogen and oxygen atoms in total. The molecule has 0 N–H and O–H groups in total. The number of fused-ring (bicyclic) bond motifs is 1. The second-order valence-electron chi connectivity index (χ2n) is 6.93. The van der Waals surface area contributed by atoms with E-state index >= 15 is 0 Å². The fourth-order valence-electron chi connectivity index (χ4n) is 3.67. The van der Waals surface area contributed by atoms with Gasteiger partial charge in [-0.05, 0) is 38.0 Å². The molecule has 2 heterocycles. The Morgan fingerprint density at radius 1 is 1.04 bits per heavy atom. The Balaban J connectivity index is 1.70. The Morgan fingerprint density at radius 3 is 2.52 bits per heavy atom. The van der Waals surface area contributed by atoms with Crippen molar-refractivity contribution in [1.82, 2.24) is 9.78 Å². The second kappa shape index (κ2) is 6.83. The summed E-state index contributed by atoms with van der Waals surface area (Å²) in [5.74, 6) is -0.118. The van der Waals surface area contributed by atoms with Crippen LogP contribution in [0.15, 0.2) is 71.5 Å². The van der Waals surface area contributed by atoms with Crippen LogP contribution < -0.4 is 10.5 Å². The van der Waals surface area contributed by atoms with Crippen LogP contribution in [-0.4, -0.2) is 21.7 Å². The highest BCUT2D eigenvalue weighted by molar-refractivity contribution is 5.98. The zero-order valence-corrected chi connectivity index (χ0v) is 15.4. The van der Waals surface area contributed by atoms with Crippen LogP contribution >= 0.6 is 0 Å².